The molecule has 0 bridgehead atoms. The second-order valence-corrected chi connectivity index (χ2v) is 8.45. The van der Waals surface area contributed by atoms with Gasteiger partial charge < -0.3 is 9.84 Å². The van der Waals surface area contributed by atoms with E-state index in [4.69, 9.17) is 4.74 Å². The zero-order chi connectivity index (χ0) is 20.0. The molecule has 0 aromatic heterocycles. The molecule has 0 unspecified atom stereocenters. The second-order valence-electron chi connectivity index (χ2n) is 8.45. The van der Waals surface area contributed by atoms with Crippen LogP contribution in [0.2, 0.25) is 0 Å². The minimum absolute atomic E-state index is 0.0154. The van der Waals surface area contributed by atoms with Crippen molar-refractivity contribution >= 4 is 0 Å². The first kappa shape index (κ1) is 21.0. The second kappa shape index (κ2) is 9.69. The smallest absolute Gasteiger partial charge is 0.0979 e. The van der Waals surface area contributed by atoms with E-state index in [0.29, 0.717) is 5.92 Å². The molecule has 0 spiro atoms. The van der Waals surface area contributed by atoms with Crippen LogP contribution in [0.5, 0.6) is 0 Å². The van der Waals surface area contributed by atoms with Crippen molar-refractivity contribution in [3.63, 3.8) is 0 Å². The standard InChI is InChI=1S/C25H35NO2/c1-4-21-10-12-23(13-11-21)25(27,18-20(2)3)24(22-8-6-5-7-9-22)19-26-14-16-28-17-15-26/h5-13,20,24,27H,4,14-19H2,1-3H3/t24-,25-/m1/s1. The monoisotopic (exact) mass is 381 g/mol. The Kier molecular flexibility index (Phi) is 7.28. The van der Waals surface area contributed by atoms with Crippen molar-refractivity contribution < 1.29 is 9.84 Å². The molecule has 1 N–H and O–H groups in total. The number of nitrogens with zero attached hydrogens (tertiary/aromatic N) is 1. The number of benzene rings is 2. The summed E-state index contributed by atoms with van der Waals surface area (Å²) in [5.41, 5.74) is 2.64. The normalized spacial score (nSPS) is 18.8. The van der Waals surface area contributed by atoms with Crippen molar-refractivity contribution in [2.45, 2.75) is 45.1 Å². The Morgan fingerprint density at radius 2 is 1.64 bits per heavy atom. The molecule has 1 saturated heterocycles. The summed E-state index contributed by atoms with van der Waals surface area (Å²) in [5, 5.41) is 12.2. The summed E-state index contributed by atoms with van der Waals surface area (Å²) < 4.78 is 5.54. The molecule has 1 aliphatic heterocycles. The lowest BCUT2D eigenvalue weighted by molar-refractivity contribution is -0.0356. The van der Waals surface area contributed by atoms with E-state index >= 15 is 0 Å². The van der Waals surface area contributed by atoms with Gasteiger partial charge >= 0.3 is 0 Å². The summed E-state index contributed by atoms with van der Waals surface area (Å²) in [4.78, 5) is 2.44. The molecular weight excluding hydrogens is 346 g/mol. The van der Waals surface area contributed by atoms with Gasteiger partial charge in [-0.15, -0.1) is 0 Å². The van der Waals surface area contributed by atoms with Crippen LogP contribution in [0.3, 0.4) is 0 Å². The van der Waals surface area contributed by atoms with Crippen LogP contribution < -0.4 is 0 Å². The molecule has 0 amide bonds. The average molecular weight is 382 g/mol. The van der Waals surface area contributed by atoms with Gasteiger partial charge in [-0.1, -0.05) is 75.4 Å². The van der Waals surface area contributed by atoms with E-state index in [1.807, 2.05) is 6.07 Å². The minimum atomic E-state index is -0.903. The number of ether oxygens (including phenoxy) is 1. The molecule has 1 fully saturated rings. The van der Waals surface area contributed by atoms with Gasteiger partial charge in [0.2, 0.25) is 0 Å². The molecule has 1 heterocycles. The molecule has 0 radical (unpaired) electrons. The molecule has 152 valence electrons. The molecule has 2 atom stereocenters. The van der Waals surface area contributed by atoms with Gasteiger partial charge in [0.05, 0.1) is 18.8 Å². The molecule has 3 nitrogen and oxygen atoms in total. The quantitative estimate of drug-likeness (QED) is 0.725. The first-order valence-corrected chi connectivity index (χ1v) is 10.7. The Labute approximate surface area is 170 Å². The first-order valence-electron chi connectivity index (χ1n) is 10.7. The largest absolute Gasteiger partial charge is 0.384 e. The zero-order valence-electron chi connectivity index (χ0n) is 17.6. The van der Waals surface area contributed by atoms with Crippen molar-refractivity contribution in [3.8, 4) is 0 Å². The van der Waals surface area contributed by atoms with Crippen molar-refractivity contribution in [1.82, 2.24) is 4.90 Å². The number of hydrogen-bond acceptors (Lipinski definition) is 3. The maximum atomic E-state index is 12.2. The summed E-state index contributed by atoms with van der Waals surface area (Å²) in [6, 6.07) is 19.1. The highest BCUT2D eigenvalue weighted by molar-refractivity contribution is 5.34. The van der Waals surface area contributed by atoms with E-state index in [1.165, 1.54) is 11.1 Å². The van der Waals surface area contributed by atoms with Crippen molar-refractivity contribution in [2.75, 3.05) is 32.8 Å². The van der Waals surface area contributed by atoms with Gasteiger partial charge in [-0.25, -0.2) is 0 Å². The zero-order valence-corrected chi connectivity index (χ0v) is 17.6. The van der Waals surface area contributed by atoms with Crippen molar-refractivity contribution in [2.24, 2.45) is 5.92 Å². The van der Waals surface area contributed by atoms with Crippen LogP contribution in [-0.2, 0) is 16.8 Å². The van der Waals surface area contributed by atoms with Crippen LogP contribution in [0, 0.1) is 5.92 Å². The maximum Gasteiger partial charge on any atom is 0.0979 e. The van der Waals surface area contributed by atoms with Gasteiger partial charge in [0.25, 0.3) is 0 Å². The Morgan fingerprint density at radius 1 is 1.00 bits per heavy atom. The lowest BCUT2D eigenvalue weighted by Gasteiger charge is -2.42. The van der Waals surface area contributed by atoms with Gasteiger partial charge in [-0.2, -0.15) is 0 Å². The third-order valence-electron chi connectivity index (χ3n) is 5.90. The Balaban J connectivity index is 2.01. The first-order chi connectivity index (χ1) is 13.5. The highest BCUT2D eigenvalue weighted by Gasteiger charge is 2.40. The molecule has 1 aliphatic rings. The number of morpholine rings is 1. The number of aliphatic hydroxyl groups is 1. The SMILES string of the molecule is CCc1ccc([C@](O)(CC(C)C)[C@H](CN2CCOCC2)c2ccccc2)cc1. The van der Waals surface area contributed by atoms with E-state index in [9.17, 15) is 5.11 Å². The van der Waals surface area contributed by atoms with E-state index in [0.717, 1.165) is 51.3 Å². The topological polar surface area (TPSA) is 32.7 Å². The fourth-order valence-electron chi connectivity index (χ4n) is 4.37. The predicted octanol–water partition coefficient (Wildman–Crippen LogP) is 4.60. The third-order valence-corrected chi connectivity index (χ3v) is 5.90. The van der Waals surface area contributed by atoms with Gasteiger partial charge in [0.1, 0.15) is 0 Å². The van der Waals surface area contributed by atoms with E-state index < -0.39 is 5.60 Å². The van der Waals surface area contributed by atoms with E-state index in [-0.39, 0.29) is 5.92 Å². The summed E-state index contributed by atoms with van der Waals surface area (Å²) in [6.07, 6.45) is 1.75. The summed E-state index contributed by atoms with van der Waals surface area (Å²) >= 11 is 0. The van der Waals surface area contributed by atoms with Gasteiger partial charge in [-0.05, 0) is 35.4 Å². The van der Waals surface area contributed by atoms with E-state index in [2.05, 4.69) is 74.2 Å². The van der Waals surface area contributed by atoms with Crippen LogP contribution in [0.25, 0.3) is 0 Å². The fourth-order valence-corrected chi connectivity index (χ4v) is 4.37. The van der Waals surface area contributed by atoms with Crippen LogP contribution in [0.15, 0.2) is 54.6 Å². The molecular formula is C25H35NO2. The summed E-state index contributed by atoms with van der Waals surface area (Å²) in [6.45, 7) is 10.8. The van der Waals surface area contributed by atoms with E-state index in [1.54, 1.807) is 0 Å². The van der Waals surface area contributed by atoms with Gasteiger partial charge in [-0.3, -0.25) is 4.90 Å². The van der Waals surface area contributed by atoms with Gasteiger partial charge in [0, 0.05) is 25.6 Å². The van der Waals surface area contributed by atoms with Crippen molar-refractivity contribution in [3.05, 3.63) is 71.3 Å². The number of hydrogen-bond donors (Lipinski definition) is 1. The Bertz CT molecular complexity index is 707. The molecule has 3 rings (SSSR count). The highest BCUT2D eigenvalue weighted by atomic mass is 16.5. The summed E-state index contributed by atoms with van der Waals surface area (Å²) in [7, 11) is 0. The van der Waals surface area contributed by atoms with Crippen LogP contribution in [-0.4, -0.2) is 42.9 Å². The van der Waals surface area contributed by atoms with Gasteiger partial charge in [0.15, 0.2) is 0 Å². The molecule has 0 aliphatic carbocycles. The molecule has 28 heavy (non-hydrogen) atoms. The van der Waals surface area contributed by atoms with Crippen LogP contribution >= 0.6 is 0 Å². The summed E-state index contributed by atoms with van der Waals surface area (Å²) in [5.74, 6) is 0.411. The lowest BCUT2D eigenvalue weighted by Crippen LogP contribution is -2.45. The molecule has 3 heteroatoms. The number of rotatable bonds is 8. The van der Waals surface area contributed by atoms with Crippen LogP contribution in [0.1, 0.15) is 49.8 Å². The van der Waals surface area contributed by atoms with Crippen molar-refractivity contribution in [1.29, 1.82) is 0 Å². The molecule has 2 aromatic carbocycles. The van der Waals surface area contributed by atoms with Crippen LogP contribution in [0.4, 0.5) is 0 Å². The maximum absolute atomic E-state index is 12.2. The predicted molar refractivity (Wildman–Crippen MR) is 116 cm³/mol. The minimum Gasteiger partial charge on any atom is -0.384 e. The lowest BCUT2D eigenvalue weighted by atomic mass is 9.72. The molecule has 0 saturated carbocycles. The average Bonchev–Trinajstić information content (AvgIpc) is 2.73. The third kappa shape index (κ3) is 5.02. The Morgan fingerprint density at radius 3 is 2.21 bits per heavy atom. The fraction of sp³-hybridized carbons (Fsp3) is 0.520. The highest BCUT2D eigenvalue weighted by Crippen LogP contribution is 2.42. The number of aryl methyl sites for hydroxylation is 1. The Hall–Kier alpha value is -1.68. The molecule has 2 aromatic rings.